The van der Waals surface area contributed by atoms with Gasteiger partial charge in [-0.15, -0.1) is 0 Å². The minimum atomic E-state index is -3.64. The molecule has 0 saturated heterocycles. The standard InChI is InChI=1S/C21H28O6SSi/c1-25-21-15-17(10-11-20(21)27-28(2,23)24)14-18(16-22)12-13-26-29(3,4)19-8-6-5-7-9-19/h5-12,15,22H,13-14,16H2,1-4H3/b18-12-. The summed E-state index contributed by atoms with van der Waals surface area (Å²) >= 11 is 0. The van der Waals surface area contributed by atoms with Crippen LogP contribution in [0.15, 0.2) is 60.2 Å². The molecule has 8 heteroatoms. The number of ether oxygens (including phenoxy) is 1. The van der Waals surface area contributed by atoms with Crippen molar-refractivity contribution in [2.24, 2.45) is 0 Å². The normalized spacial score (nSPS) is 12.7. The van der Waals surface area contributed by atoms with E-state index in [-0.39, 0.29) is 12.4 Å². The maximum atomic E-state index is 11.3. The Morgan fingerprint density at radius 3 is 2.38 bits per heavy atom. The summed E-state index contributed by atoms with van der Waals surface area (Å²) in [5.74, 6) is 0.450. The highest BCUT2D eigenvalue weighted by Gasteiger charge is 2.24. The highest BCUT2D eigenvalue weighted by molar-refractivity contribution is 7.86. The number of benzene rings is 2. The van der Waals surface area contributed by atoms with Gasteiger partial charge in [0.1, 0.15) is 0 Å². The number of aliphatic hydroxyl groups excluding tert-OH is 1. The number of hydrogen-bond donors (Lipinski definition) is 1. The van der Waals surface area contributed by atoms with E-state index in [0.717, 1.165) is 17.4 Å². The zero-order valence-electron chi connectivity index (χ0n) is 17.2. The first-order valence-electron chi connectivity index (χ1n) is 9.19. The van der Waals surface area contributed by atoms with Gasteiger partial charge in [-0.2, -0.15) is 8.42 Å². The van der Waals surface area contributed by atoms with Crippen molar-refractivity contribution in [1.29, 1.82) is 0 Å². The molecule has 0 aliphatic heterocycles. The third kappa shape index (κ3) is 7.32. The van der Waals surface area contributed by atoms with Crippen LogP contribution in [0.1, 0.15) is 5.56 Å². The predicted octanol–water partition coefficient (Wildman–Crippen LogP) is 2.62. The van der Waals surface area contributed by atoms with Crippen LogP contribution in [0.3, 0.4) is 0 Å². The molecule has 1 N–H and O–H groups in total. The van der Waals surface area contributed by atoms with Crippen molar-refractivity contribution in [1.82, 2.24) is 0 Å². The number of aliphatic hydroxyl groups is 1. The van der Waals surface area contributed by atoms with Crippen LogP contribution in [0.4, 0.5) is 0 Å². The van der Waals surface area contributed by atoms with E-state index in [9.17, 15) is 13.5 Å². The fourth-order valence-corrected chi connectivity index (χ4v) is 4.93. The Morgan fingerprint density at radius 1 is 1.10 bits per heavy atom. The Morgan fingerprint density at radius 2 is 1.79 bits per heavy atom. The molecule has 0 amide bonds. The molecule has 0 fully saturated rings. The van der Waals surface area contributed by atoms with E-state index in [2.05, 4.69) is 25.2 Å². The topological polar surface area (TPSA) is 82.1 Å². The molecule has 2 aromatic carbocycles. The summed E-state index contributed by atoms with van der Waals surface area (Å²) in [7, 11) is -4.21. The monoisotopic (exact) mass is 436 g/mol. The van der Waals surface area contributed by atoms with Gasteiger partial charge in [-0.3, -0.25) is 0 Å². The maximum absolute atomic E-state index is 11.3. The first kappa shape index (κ1) is 23.1. The molecule has 0 spiro atoms. The Kier molecular flexibility index (Phi) is 8.03. The van der Waals surface area contributed by atoms with Gasteiger partial charge in [0.15, 0.2) is 11.5 Å². The van der Waals surface area contributed by atoms with E-state index < -0.39 is 18.4 Å². The zero-order chi connectivity index (χ0) is 21.5. The average Bonchev–Trinajstić information content (AvgIpc) is 2.67. The van der Waals surface area contributed by atoms with E-state index >= 15 is 0 Å². The second kappa shape index (κ2) is 10.1. The van der Waals surface area contributed by atoms with Crippen molar-refractivity contribution in [3.05, 3.63) is 65.7 Å². The molecular formula is C21H28O6SSi. The van der Waals surface area contributed by atoms with Gasteiger partial charge in [-0.05, 0) is 48.0 Å². The summed E-state index contributed by atoms with van der Waals surface area (Å²) in [4.78, 5) is 0. The lowest BCUT2D eigenvalue weighted by atomic mass is 10.0. The van der Waals surface area contributed by atoms with Crippen LogP contribution < -0.4 is 14.1 Å². The lowest BCUT2D eigenvalue weighted by molar-refractivity contribution is 0.321. The minimum absolute atomic E-state index is 0.0966. The molecule has 0 radical (unpaired) electrons. The molecule has 2 rings (SSSR count). The molecular weight excluding hydrogens is 408 g/mol. The van der Waals surface area contributed by atoms with E-state index in [1.54, 1.807) is 18.2 Å². The largest absolute Gasteiger partial charge is 0.493 e. The summed E-state index contributed by atoms with van der Waals surface area (Å²) in [6.07, 6.45) is 3.36. The van der Waals surface area contributed by atoms with E-state index in [0.29, 0.717) is 18.8 Å². The molecule has 2 aromatic rings. The molecule has 6 nitrogen and oxygen atoms in total. The van der Waals surface area contributed by atoms with Crippen molar-refractivity contribution in [3.63, 3.8) is 0 Å². The predicted molar refractivity (Wildman–Crippen MR) is 117 cm³/mol. The van der Waals surface area contributed by atoms with Gasteiger partial charge in [-0.25, -0.2) is 0 Å². The minimum Gasteiger partial charge on any atom is -0.493 e. The highest BCUT2D eigenvalue weighted by Crippen LogP contribution is 2.30. The third-order valence-corrected chi connectivity index (χ3v) is 7.48. The summed E-state index contributed by atoms with van der Waals surface area (Å²) < 4.78 is 39.0. The second-order valence-corrected chi connectivity index (χ2v) is 12.6. The Hall–Kier alpha value is -2.13. The molecule has 0 bridgehead atoms. The van der Waals surface area contributed by atoms with Gasteiger partial charge >= 0.3 is 10.1 Å². The molecule has 0 saturated carbocycles. The van der Waals surface area contributed by atoms with Gasteiger partial charge in [0.2, 0.25) is 8.32 Å². The van der Waals surface area contributed by atoms with Crippen LogP contribution in [-0.4, -0.2) is 48.4 Å². The summed E-state index contributed by atoms with van der Waals surface area (Å²) in [5.41, 5.74) is 1.67. The van der Waals surface area contributed by atoms with Gasteiger partial charge in [-0.1, -0.05) is 42.5 Å². The van der Waals surface area contributed by atoms with Gasteiger partial charge in [0, 0.05) is 0 Å². The number of hydrogen-bond acceptors (Lipinski definition) is 6. The lowest BCUT2D eigenvalue weighted by Crippen LogP contribution is -2.44. The average molecular weight is 437 g/mol. The molecule has 158 valence electrons. The number of methoxy groups -OCH3 is 1. The Bertz CT molecular complexity index is 939. The van der Waals surface area contributed by atoms with E-state index in [1.165, 1.54) is 12.3 Å². The van der Waals surface area contributed by atoms with Crippen LogP contribution in [-0.2, 0) is 21.0 Å². The molecule has 29 heavy (non-hydrogen) atoms. The molecule has 0 atom stereocenters. The molecule has 0 unspecified atom stereocenters. The Balaban J connectivity index is 2.07. The summed E-state index contributed by atoms with van der Waals surface area (Å²) in [5, 5.41) is 10.9. The summed E-state index contributed by atoms with van der Waals surface area (Å²) in [6, 6.07) is 15.2. The first-order valence-corrected chi connectivity index (χ1v) is 13.9. The zero-order valence-corrected chi connectivity index (χ0v) is 19.0. The lowest BCUT2D eigenvalue weighted by Gasteiger charge is -2.22. The van der Waals surface area contributed by atoms with Gasteiger partial charge in [0.05, 0.1) is 26.6 Å². The van der Waals surface area contributed by atoms with Crippen LogP contribution >= 0.6 is 0 Å². The SMILES string of the molecule is COc1cc(C/C(=C/CO[Si](C)(C)c2ccccc2)CO)ccc1OS(C)(=O)=O. The van der Waals surface area contributed by atoms with Crippen LogP contribution in [0.5, 0.6) is 11.5 Å². The quantitative estimate of drug-likeness (QED) is 0.350. The Labute approximate surface area is 174 Å². The van der Waals surface area contributed by atoms with Gasteiger partial charge < -0.3 is 18.5 Å². The van der Waals surface area contributed by atoms with Crippen LogP contribution in [0.25, 0.3) is 0 Å². The van der Waals surface area contributed by atoms with E-state index in [4.69, 9.17) is 13.3 Å². The fraction of sp³-hybridized carbons (Fsp3) is 0.333. The molecule has 0 aliphatic carbocycles. The van der Waals surface area contributed by atoms with E-state index in [1.807, 2.05) is 24.3 Å². The maximum Gasteiger partial charge on any atom is 0.306 e. The molecule has 0 aliphatic rings. The third-order valence-electron chi connectivity index (χ3n) is 4.39. The highest BCUT2D eigenvalue weighted by atomic mass is 32.2. The van der Waals surface area contributed by atoms with Crippen molar-refractivity contribution in [2.45, 2.75) is 19.5 Å². The van der Waals surface area contributed by atoms with Crippen molar-refractivity contribution in [2.75, 3.05) is 26.6 Å². The second-order valence-electron chi connectivity index (χ2n) is 7.16. The van der Waals surface area contributed by atoms with Gasteiger partial charge in [0.25, 0.3) is 0 Å². The fourth-order valence-electron chi connectivity index (χ4n) is 2.80. The molecule has 0 heterocycles. The number of rotatable bonds is 10. The first-order chi connectivity index (χ1) is 13.6. The van der Waals surface area contributed by atoms with Crippen LogP contribution in [0, 0.1) is 0 Å². The van der Waals surface area contributed by atoms with Crippen LogP contribution in [0.2, 0.25) is 13.1 Å². The van der Waals surface area contributed by atoms with Crippen molar-refractivity contribution < 1.29 is 26.9 Å². The van der Waals surface area contributed by atoms with Crippen molar-refractivity contribution >= 4 is 23.6 Å². The molecule has 0 aromatic heterocycles. The summed E-state index contributed by atoms with van der Waals surface area (Å²) in [6.45, 7) is 4.59. The smallest absolute Gasteiger partial charge is 0.306 e. The van der Waals surface area contributed by atoms with Crippen molar-refractivity contribution in [3.8, 4) is 11.5 Å².